The molecule has 0 aromatic carbocycles. The highest BCUT2D eigenvalue weighted by Gasteiger charge is 2.32. The third-order valence-corrected chi connectivity index (χ3v) is 7.21. The predicted octanol–water partition coefficient (Wildman–Crippen LogP) is 2.31. The number of halogens is 1. The smallest absolute Gasteiger partial charge is 0.244 e. The second-order valence-electron chi connectivity index (χ2n) is 5.36. The van der Waals surface area contributed by atoms with Gasteiger partial charge in [-0.25, -0.2) is 8.42 Å². The van der Waals surface area contributed by atoms with Crippen molar-refractivity contribution in [1.82, 2.24) is 9.21 Å². The lowest BCUT2D eigenvalue weighted by Crippen LogP contribution is -2.51. The molecule has 2 heterocycles. The lowest BCUT2D eigenvalue weighted by atomic mass is 10.2. The van der Waals surface area contributed by atoms with E-state index in [2.05, 4.69) is 15.9 Å². The van der Waals surface area contributed by atoms with Crippen LogP contribution in [0.5, 0.6) is 0 Å². The molecule has 0 unspecified atom stereocenters. The molecule has 0 spiro atoms. The molecule has 8 heteroatoms. The minimum absolute atomic E-state index is 0.0526. The molecule has 0 N–H and O–H groups in total. The Kier molecular flexibility index (Phi) is 5.12. The fraction of sp³-hybridized carbons (Fsp3) is 0.615. The molecular formula is C13H19BrN2O3S2. The maximum absolute atomic E-state index is 12.6. The number of rotatable bonds is 3. The van der Waals surface area contributed by atoms with E-state index in [1.807, 2.05) is 13.8 Å². The predicted molar refractivity (Wildman–Crippen MR) is 86.9 cm³/mol. The zero-order valence-corrected chi connectivity index (χ0v) is 15.5. The summed E-state index contributed by atoms with van der Waals surface area (Å²) in [6.45, 7) is 7.15. The van der Waals surface area contributed by atoms with Crippen molar-refractivity contribution >= 4 is 43.2 Å². The van der Waals surface area contributed by atoms with Crippen LogP contribution in [0.25, 0.3) is 0 Å². The highest BCUT2D eigenvalue weighted by molar-refractivity contribution is 9.11. The lowest BCUT2D eigenvalue weighted by Gasteiger charge is -2.34. The summed E-state index contributed by atoms with van der Waals surface area (Å²) in [7, 11) is -3.47. The largest absolute Gasteiger partial charge is 0.340 e. The summed E-state index contributed by atoms with van der Waals surface area (Å²) in [4.78, 5) is 14.8. The number of piperazine rings is 1. The Morgan fingerprint density at radius 3 is 2.29 bits per heavy atom. The number of aryl methyl sites for hydroxylation is 1. The van der Waals surface area contributed by atoms with E-state index in [0.717, 1.165) is 8.66 Å². The van der Waals surface area contributed by atoms with Gasteiger partial charge in [-0.2, -0.15) is 4.31 Å². The molecule has 118 valence electrons. The van der Waals surface area contributed by atoms with Gasteiger partial charge < -0.3 is 4.90 Å². The molecule has 1 aliphatic rings. The summed E-state index contributed by atoms with van der Waals surface area (Å²) in [5.74, 6) is 0.0322. The van der Waals surface area contributed by atoms with Gasteiger partial charge in [0.1, 0.15) is 0 Å². The van der Waals surface area contributed by atoms with Crippen LogP contribution >= 0.6 is 27.3 Å². The van der Waals surface area contributed by atoms with E-state index in [4.69, 9.17) is 0 Å². The average Bonchev–Trinajstić information content (AvgIpc) is 2.77. The molecule has 1 amide bonds. The van der Waals surface area contributed by atoms with Gasteiger partial charge in [0.15, 0.2) is 0 Å². The maximum atomic E-state index is 12.6. The topological polar surface area (TPSA) is 57.7 Å². The molecule has 0 saturated carbocycles. The van der Waals surface area contributed by atoms with Gasteiger partial charge in [0, 0.05) is 37.0 Å². The summed E-state index contributed by atoms with van der Waals surface area (Å²) in [5, 5.41) is 0. The van der Waals surface area contributed by atoms with Crippen LogP contribution in [0.15, 0.2) is 14.7 Å². The number of nitrogens with zero attached hydrogens (tertiary/aromatic N) is 2. The zero-order valence-electron chi connectivity index (χ0n) is 12.3. The summed E-state index contributed by atoms with van der Waals surface area (Å²) < 4.78 is 27.6. The van der Waals surface area contributed by atoms with Crippen LogP contribution in [0.3, 0.4) is 0 Å². The van der Waals surface area contributed by atoms with Crippen molar-refractivity contribution in [2.45, 2.75) is 25.7 Å². The molecule has 1 fully saturated rings. The maximum Gasteiger partial charge on any atom is 0.244 e. The normalized spacial score (nSPS) is 17.5. The van der Waals surface area contributed by atoms with E-state index in [-0.39, 0.29) is 11.8 Å². The standard InChI is InChI=1S/C13H19BrN2O3S2/c1-9(2)13(17)15-4-6-16(7-5-15)21(18,19)11-8-12(14)20-10(11)3/h8-9H,4-7H2,1-3H3. The average molecular weight is 395 g/mol. The molecular weight excluding hydrogens is 376 g/mol. The second-order valence-corrected chi connectivity index (χ2v) is 9.90. The van der Waals surface area contributed by atoms with E-state index < -0.39 is 10.0 Å². The molecule has 0 bridgehead atoms. The first kappa shape index (κ1) is 16.9. The fourth-order valence-corrected chi connectivity index (χ4v) is 6.15. The number of thiophene rings is 1. The Balaban J connectivity index is 2.11. The Hall–Kier alpha value is -0.440. The quantitative estimate of drug-likeness (QED) is 0.789. The van der Waals surface area contributed by atoms with Gasteiger partial charge in [0.2, 0.25) is 15.9 Å². The van der Waals surface area contributed by atoms with Crippen molar-refractivity contribution in [3.05, 3.63) is 14.7 Å². The van der Waals surface area contributed by atoms with Crippen molar-refractivity contribution in [2.75, 3.05) is 26.2 Å². The Morgan fingerprint density at radius 2 is 1.86 bits per heavy atom. The van der Waals surface area contributed by atoms with Crippen LogP contribution in [-0.4, -0.2) is 49.7 Å². The summed E-state index contributed by atoms with van der Waals surface area (Å²) in [6, 6.07) is 1.65. The highest BCUT2D eigenvalue weighted by atomic mass is 79.9. The molecule has 2 rings (SSSR count). The van der Waals surface area contributed by atoms with Gasteiger partial charge >= 0.3 is 0 Å². The van der Waals surface area contributed by atoms with E-state index in [0.29, 0.717) is 31.1 Å². The van der Waals surface area contributed by atoms with Gasteiger partial charge in [0.05, 0.1) is 8.68 Å². The molecule has 1 aliphatic heterocycles. The summed E-state index contributed by atoms with van der Waals surface area (Å²) in [5.41, 5.74) is 0. The van der Waals surface area contributed by atoms with Crippen LogP contribution < -0.4 is 0 Å². The third kappa shape index (κ3) is 3.49. The lowest BCUT2D eigenvalue weighted by molar-refractivity contribution is -0.135. The minimum Gasteiger partial charge on any atom is -0.340 e. The SMILES string of the molecule is Cc1sc(Br)cc1S(=O)(=O)N1CCN(C(=O)C(C)C)CC1. The molecule has 0 atom stereocenters. The monoisotopic (exact) mass is 394 g/mol. The summed E-state index contributed by atoms with van der Waals surface area (Å²) >= 11 is 4.74. The molecule has 0 aliphatic carbocycles. The van der Waals surface area contributed by atoms with Crippen LogP contribution in [0.1, 0.15) is 18.7 Å². The number of carbonyl (C=O) groups excluding carboxylic acids is 1. The number of hydrogen-bond donors (Lipinski definition) is 0. The van der Waals surface area contributed by atoms with Crippen LogP contribution in [0, 0.1) is 12.8 Å². The Labute approximate surface area is 138 Å². The van der Waals surface area contributed by atoms with Gasteiger partial charge in [-0.15, -0.1) is 11.3 Å². The van der Waals surface area contributed by atoms with Crippen molar-refractivity contribution in [3.8, 4) is 0 Å². The fourth-order valence-electron chi connectivity index (χ4n) is 2.34. The molecule has 1 aromatic rings. The van der Waals surface area contributed by atoms with Gasteiger partial charge in [-0.1, -0.05) is 13.8 Å². The minimum atomic E-state index is -3.47. The first-order valence-electron chi connectivity index (χ1n) is 6.78. The van der Waals surface area contributed by atoms with E-state index >= 15 is 0 Å². The van der Waals surface area contributed by atoms with E-state index in [9.17, 15) is 13.2 Å². The van der Waals surface area contributed by atoms with Crippen molar-refractivity contribution < 1.29 is 13.2 Å². The van der Waals surface area contributed by atoms with Crippen molar-refractivity contribution in [2.24, 2.45) is 5.92 Å². The molecule has 21 heavy (non-hydrogen) atoms. The second kappa shape index (κ2) is 6.36. The number of sulfonamides is 1. The summed E-state index contributed by atoms with van der Waals surface area (Å²) in [6.07, 6.45) is 0. The third-order valence-electron chi connectivity index (χ3n) is 3.50. The molecule has 5 nitrogen and oxygen atoms in total. The Morgan fingerprint density at radius 1 is 1.29 bits per heavy atom. The van der Waals surface area contributed by atoms with Crippen LogP contribution in [-0.2, 0) is 14.8 Å². The van der Waals surface area contributed by atoms with Crippen molar-refractivity contribution in [1.29, 1.82) is 0 Å². The molecule has 0 radical (unpaired) electrons. The zero-order chi connectivity index (χ0) is 15.8. The molecule has 1 saturated heterocycles. The van der Waals surface area contributed by atoms with Crippen LogP contribution in [0.2, 0.25) is 0 Å². The van der Waals surface area contributed by atoms with E-state index in [1.165, 1.54) is 15.6 Å². The number of hydrogen-bond acceptors (Lipinski definition) is 4. The van der Waals surface area contributed by atoms with Gasteiger partial charge in [0.25, 0.3) is 0 Å². The number of amides is 1. The first-order chi connectivity index (χ1) is 9.73. The van der Waals surface area contributed by atoms with Gasteiger partial charge in [-0.3, -0.25) is 4.79 Å². The molecule has 1 aromatic heterocycles. The number of carbonyl (C=O) groups is 1. The Bertz CT molecular complexity index is 632. The first-order valence-corrected chi connectivity index (χ1v) is 9.83. The van der Waals surface area contributed by atoms with Gasteiger partial charge in [-0.05, 0) is 28.9 Å². The van der Waals surface area contributed by atoms with Crippen molar-refractivity contribution in [3.63, 3.8) is 0 Å². The van der Waals surface area contributed by atoms with E-state index in [1.54, 1.807) is 17.9 Å². The van der Waals surface area contributed by atoms with Crippen LogP contribution in [0.4, 0.5) is 0 Å². The highest BCUT2D eigenvalue weighted by Crippen LogP contribution is 2.31.